The monoisotopic (exact) mass is 432 g/mol. The third-order valence-corrected chi connectivity index (χ3v) is 6.04. The number of rotatable bonds is 11. The van der Waals surface area contributed by atoms with Crippen LogP contribution in [0.1, 0.15) is 49.3 Å². The van der Waals surface area contributed by atoms with Gasteiger partial charge in [-0.2, -0.15) is 8.42 Å². The Bertz CT molecular complexity index is 942. The summed E-state index contributed by atoms with van der Waals surface area (Å²) in [5, 5.41) is 0. The van der Waals surface area contributed by atoms with E-state index in [4.69, 9.17) is 13.7 Å². The zero-order chi connectivity index (χ0) is 22.1. The average molecular weight is 433 g/mol. The van der Waals surface area contributed by atoms with Crippen LogP contribution in [0.25, 0.3) is 0 Å². The van der Waals surface area contributed by atoms with Gasteiger partial charge in [0.2, 0.25) is 0 Å². The summed E-state index contributed by atoms with van der Waals surface area (Å²) in [5.41, 5.74) is 4.19. The molecule has 0 amide bonds. The zero-order valence-electron chi connectivity index (χ0n) is 18.5. The first-order valence-corrected chi connectivity index (χ1v) is 11.5. The second-order valence-corrected chi connectivity index (χ2v) is 9.31. The standard InChI is InChI=1S/C24H32O5S/c1-18(2)7-6-8-21(23-14-11-20(4)15-24(23)28-17-27-5)16-29-30(25,26)22-12-9-19(3)10-13-22/h7,9-15,21H,6,8,16-17H2,1-5H3/t21-/m1/s1. The van der Waals surface area contributed by atoms with Crippen LogP contribution >= 0.6 is 0 Å². The Kier molecular flexibility index (Phi) is 9.08. The van der Waals surface area contributed by atoms with Gasteiger partial charge in [-0.15, -0.1) is 0 Å². The molecule has 2 aromatic carbocycles. The summed E-state index contributed by atoms with van der Waals surface area (Å²) >= 11 is 0. The second kappa shape index (κ2) is 11.3. The normalized spacial score (nSPS) is 12.4. The predicted octanol–water partition coefficient (Wildman–Crippen LogP) is 5.52. The highest BCUT2D eigenvalue weighted by atomic mass is 32.2. The highest BCUT2D eigenvalue weighted by Gasteiger charge is 2.22. The molecule has 0 saturated carbocycles. The van der Waals surface area contributed by atoms with Crippen LogP contribution in [0.15, 0.2) is 59.0 Å². The van der Waals surface area contributed by atoms with Gasteiger partial charge in [-0.05, 0) is 69.9 Å². The highest BCUT2D eigenvalue weighted by molar-refractivity contribution is 7.86. The Balaban J connectivity index is 2.27. The van der Waals surface area contributed by atoms with E-state index >= 15 is 0 Å². The van der Waals surface area contributed by atoms with E-state index in [0.717, 1.165) is 29.5 Å². The van der Waals surface area contributed by atoms with Gasteiger partial charge in [-0.3, -0.25) is 4.18 Å². The summed E-state index contributed by atoms with van der Waals surface area (Å²) in [6.45, 7) is 8.16. The molecular formula is C24H32O5S. The quantitative estimate of drug-likeness (QED) is 0.266. The minimum atomic E-state index is -3.84. The van der Waals surface area contributed by atoms with Gasteiger partial charge < -0.3 is 9.47 Å². The van der Waals surface area contributed by atoms with Crippen LogP contribution in [-0.2, 0) is 19.0 Å². The smallest absolute Gasteiger partial charge is 0.296 e. The molecule has 0 bridgehead atoms. The molecule has 164 valence electrons. The van der Waals surface area contributed by atoms with E-state index in [-0.39, 0.29) is 24.2 Å². The molecule has 0 fully saturated rings. The zero-order valence-corrected chi connectivity index (χ0v) is 19.3. The lowest BCUT2D eigenvalue weighted by Crippen LogP contribution is -2.15. The summed E-state index contributed by atoms with van der Waals surface area (Å²) in [5.74, 6) is 0.545. The molecule has 0 aliphatic carbocycles. The number of ether oxygens (including phenoxy) is 2. The lowest BCUT2D eigenvalue weighted by atomic mass is 9.93. The summed E-state index contributed by atoms with van der Waals surface area (Å²) in [6.07, 6.45) is 3.70. The van der Waals surface area contributed by atoms with Crippen LogP contribution in [0.4, 0.5) is 0 Å². The van der Waals surface area contributed by atoms with Gasteiger partial charge in [-0.25, -0.2) is 0 Å². The van der Waals surface area contributed by atoms with E-state index in [2.05, 4.69) is 6.08 Å². The first-order chi connectivity index (χ1) is 14.2. The van der Waals surface area contributed by atoms with Gasteiger partial charge in [0.1, 0.15) is 5.75 Å². The van der Waals surface area contributed by atoms with Crippen LogP contribution in [0.3, 0.4) is 0 Å². The molecule has 5 nitrogen and oxygen atoms in total. The summed E-state index contributed by atoms with van der Waals surface area (Å²) < 4.78 is 41.7. The molecule has 2 rings (SSSR count). The molecular weight excluding hydrogens is 400 g/mol. The van der Waals surface area contributed by atoms with E-state index in [0.29, 0.717) is 5.75 Å². The van der Waals surface area contributed by atoms with Crippen molar-refractivity contribution in [3.05, 3.63) is 70.8 Å². The minimum absolute atomic E-state index is 0.0409. The van der Waals surface area contributed by atoms with Gasteiger partial charge in [-0.1, -0.05) is 41.5 Å². The molecule has 0 aliphatic heterocycles. The summed E-state index contributed by atoms with van der Waals surface area (Å²) in [7, 11) is -2.27. The molecule has 0 spiro atoms. The maximum atomic E-state index is 12.7. The second-order valence-electron chi connectivity index (χ2n) is 7.70. The van der Waals surface area contributed by atoms with Crippen molar-refractivity contribution in [1.29, 1.82) is 0 Å². The van der Waals surface area contributed by atoms with Crippen LogP contribution in [0, 0.1) is 13.8 Å². The average Bonchev–Trinajstić information content (AvgIpc) is 2.69. The van der Waals surface area contributed by atoms with Gasteiger partial charge in [0.05, 0.1) is 11.5 Å². The van der Waals surface area contributed by atoms with Crippen molar-refractivity contribution >= 4 is 10.1 Å². The molecule has 0 radical (unpaired) electrons. The van der Waals surface area contributed by atoms with Crippen molar-refractivity contribution < 1.29 is 22.1 Å². The molecule has 1 atom stereocenters. The van der Waals surface area contributed by atoms with Gasteiger partial charge in [0.25, 0.3) is 10.1 Å². The molecule has 0 aliphatic rings. The topological polar surface area (TPSA) is 61.8 Å². The van der Waals surface area contributed by atoms with Crippen molar-refractivity contribution in [3.63, 3.8) is 0 Å². The van der Waals surface area contributed by atoms with Crippen LogP contribution in [0.2, 0.25) is 0 Å². The lowest BCUT2D eigenvalue weighted by Gasteiger charge is -2.21. The number of aryl methyl sites for hydroxylation is 2. The van der Waals surface area contributed by atoms with Crippen LogP contribution in [-0.4, -0.2) is 28.9 Å². The van der Waals surface area contributed by atoms with Crippen molar-refractivity contribution in [1.82, 2.24) is 0 Å². The fourth-order valence-corrected chi connectivity index (χ4v) is 4.02. The largest absolute Gasteiger partial charge is 0.467 e. The van der Waals surface area contributed by atoms with Crippen molar-refractivity contribution in [2.75, 3.05) is 20.5 Å². The summed E-state index contributed by atoms with van der Waals surface area (Å²) in [6, 6.07) is 12.6. The minimum Gasteiger partial charge on any atom is -0.467 e. The fraction of sp³-hybridized carbons (Fsp3) is 0.417. The Hall–Kier alpha value is -2.15. The third kappa shape index (κ3) is 7.27. The van der Waals surface area contributed by atoms with Gasteiger partial charge in [0, 0.05) is 13.0 Å². The molecule has 0 heterocycles. The van der Waals surface area contributed by atoms with Crippen LogP contribution in [0.5, 0.6) is 5.75 Å². The maximum absolute atomic E-state index is 12.7. The third-order valence-electron chi connectivity index (χ3n) is 4.74. The first kappa shape index (κ1) is 24.1. The Morgan fingerprint density at radius 1 is 1.03 bits per heavy atom. The van der Waals surface area contributed by atoms with E-state index < -0.39 is 10.1 Å². The molecule has 6 heteroatoms. The van der Waals surface area contributed by atoms with E-state index in [1.54, 1.807) is 31.4 Å². The van der Waals surface area contributed by atoms with E-state index in [1.165, 1.54) is 5.57 Å². The number of methoxy groups -OCH3 is 1. The molecule has 0 N–H and O–H groups in total. The first-order valence-electron chi connectivity index (χ1n) is 10.0. The van der Waals surface area contributed by atoms with Gasteiger partial charge in [0.15, 0.2) is 6.79 Å². The van der Waals surface area contributed by atoms with E-state index in [9.17, 15) is 8.42 Å². The van der Waals surface area contributed by atoms with Crippen molar-refractivity contribution in [2.45, 2.75) is 51.3 Å². The predicted molar refractivity (Wildman–Crippen MR) is 119 cm³/mol. The molecule has 30 heavy (non-hydrogen) atoms. The molecule has 2 aromatic rings. The Morgan fingerprint density at radius 3 is 2.33 bits per heavy atom. The molecule has 0 saturated heterocycles. The van der Waals surface area contributed by atoms with Crippen molar-refractivity contribution in [2.24, 2.45) is 0 Å². The van der Waals surface area contributed by atoms with Gasteiger partial charge >= 0.3 is 0 Å². The molecule has 0 unspecified atom stereocenters. The fourth-order valence-electron chi connectivity index (χ4n) is 3.07. The molecule has 0 aromatic heterocycles. The number of benzene rings is 2. The van der Waals surface area contributed by atoms with Crippen LogP contribution < -0.4 is 4.74 Å². The Labute approximate surface area is 180 Å². The van der Waals surface area contributed by atoms with Crippen molar-refractivity contribution in [3.8, 4) is 5.75 Å². The maximum Gasteiger partial charge on any atom is 0.296 e. The Morgan fingerprint density at radius 2 is 1.70 bits per heavy atom. The van der Waals surface area contributed by atoms with E-state index in [1.807, 2.05) is 45.9 Å². The lowest BCUT2D eigenvalue weighted by molar-refractivity contribution is 0.0498. The SMILES string of the molecule is COCOc1cc(C)ccc1[C@H](CCC=C(C)C)COS(=O)(=O)c1ccc(C)cc1. The number of hydrogen-bond acceptors (Lipinski definition) is 5. The number of hydrogen-bond donors (Lipinski definition) is 0. The highest BCUT2D eigenvalue weighted by Crippen LogP contribution is 2.32. The number of allylic oxidation sites excluding steroid dienone is 2. The summed E-state index contributed by atoms with van der Waals surface area (Å²) in [4.78, 5) is 0.163.